The molecule has 0 saturated heterocycles. The maximum atomic E-state index is 5.36. The van der Waals surface area contributed by atoms with Gasteiger partial charge in [-0.2, -0.15) is 0 Å². The predicted molar refractivity (Wildman–Crippen MR) is 30.9 cm³/mol. The number of anilines is 1. The van der Waals surface area contributed by atoms with Gasteiger partial charge in [0, 0.05) is 28.1 Å². The second-order valence-electron chi connectivity index (χ2n) is 1.41. The molecule has 1 aromatic rings. The monoisotopic (exact) mass is 186 g/mol. The van der Waals surface area contributed by atoms with Gasteiger partial charge in [0.25, 0.3) is 0 Å². The zero-order chi connectivity index (χ0) is 5.11. The van der Waals surface area contributed by atoms with E-state index >= 15 is 0 Å². The fraction of sp³-hybridized carbons (Fsp3) is 0. The molecule has 2 N–H and O–H groups in total. The van der Waals surface area contributed by atoms with Gasteiger partial charge >= 0.3 is 0 Å². The topological polar surface area (TPSA) is 26.0 Å². The third kappa shape index (κ3) is 2.17. The van der Waals surface area contributed by atoms with Crippen molar-refractivity contribution in [3.63, 3.8) is 0 Å². The summed E-state index contributed by atoms with van der Waals surface area (Å²) in [6.45, 7) is 0. The van der Waals surface area contributed by atoms with E-state index in [2.05, 4.69) is 0 Å². The third-order valence-corrected chi connectivity index (χ3v) is 0.800. The van der Waals surface area contributed by atoms with Crippen LogP contribution in [-0.4, -0.2) is 0 Å². The maximum Gasteiger partial charge on any atom is 0.0313 e. The minimum Gasteiger partial charge on any atom is -0.399 e. The Labute approximate surface area is 64.4 Å². The first-order valence-corrected chi connectivity index (χ1v) is 2.20. The van der Waals surface area contributed by atoms with Gasteiger partial charge in [-0.3, -0.25) is 0 Å². The molecule has 1 aromatic carbocycles. The Balaban J connectivity index is 0.000000490. The van der Waals surface area contributed by atoms with Crippen LogP contribution in [0.15, 0.2) is 30.3 Å². The second kappa shape index (κ2) is 3.72. The first-order valence-electron chi connectivity index (χ1n) is 2.20. The summed E-state index contributed by atoms with van der Waals surface area (Å²) in [5, 5.41) is 0. The van der Waals surface area contributed by atoms with Gasteiger partial charge in [-0.05, 0) is 12.1 Å². The van der Waals surface area contributed by atoms with Crippen LogP contribution >= 0.6 is 0 Å². The maximum absolute atomic E-state index is 5.36. The Morgan fingerprint density at radius 2 is 1.50 bits per heavy atom. The molecule has 2 heteroatoms. The Kier molecular flexibility index (Phi) is 3.61. The van der Waals surface area contributed by atoms with Crippen LogP contribution in [0.1, 0.15) is 0 Å². The van der Waals surface area contributed by atoms with Crippen LogP contribution in [0.2, 0.25) is 0 Å². The molecule has 0 atom stereocenters. The minimum absolute atomic E-state index is 0. The molecule has 0 aliphatic carbocycles. The average Bonchev–Trinajstić information content (AvgIpc) is 1.69. The zero-order valence-electron chi connectivity index (χ0n) is 4.41. The van der Waals surface area contributed by atoms with Gasteiger partial charge in [-0.25, -0.2) is 0 Å². The summed E-state index contributed by atoms with van der Waals surface area (Å²) in [6, 6.07) is 9.49. The van der Waals surface area contributed by atoms with Crippen LogP contribution in [-0.2, 0) is 22.4 Å². The largest absolute Gasteiger partial charge is 0.399 e. The molecule has 0 unspecified atom stereocenters. The molecular formula is C6H7NNb. The van der Waals surface area contributed by atoms with Gasteiger partial charge in [-0.15, -0.1) is 0 Å². The van der Waals surface area contributed by atoms with Gasteiger partial charge in [0.2, 0.25) is 0 Å². The summed E-state index contributed by atoms with van der Waals surface area (Å²) >= 11 is 0. The number of hydrogen-bond donors (Lipinski definition) is 1. The van der Waals surface area contributed by atoms with Crippen molar-refractivity contribution in [3.05, 3.63) is 30.3 Å². The van der Waals surface area contributed by atoms with Crippen molar-refractivity contribution >= 4 is 5.69 Å². The van der Waals surface area contributed by atoms with Crippen molar-refractivity contribution in [2.75, 3.05) is 5.73 Å². The van der Waals surface area contributed by atoms with Crippen molar-refractivity contribution in [1.82, 2.24) is 0 Å². The Hall–Kier alpha value is -0.240. The number of nitrogens with two attached hydrogens (primary N) is 1. The van der Waals surface area contributed by atoms with Gasteiger partial charge in [-0.1, -0.05) is 18.2 Å². The van der Waals surface area contributed by atoms with E-state index in [-0.39, 0.29) is 22.4 Å². The smallest absolute Gasteiger partial charge is 0.0313 e. The van der Waals surface area contributed by atoms with Gasteiger partial charge in [0.05, 0.1) is 0 Å². The summed E-state index contributed by atoms with van der Waals surface area (Å²) in [5.41, 5.74) is 6.18. The van der Waals surface area contributed by atoms with E-state index in [0.29, 0.717) is 0 Å². The summed E-state index contributed by atoms with van der Waals surface area (Å²) in [4.78, 5) is 0. The summed E-state index contributed by atoms with van der Waals surface area (Å²) in [5.74, 6) is 0. The first kappa shape index (κ1) is 7.76. The van der Waals surface area contributed by atoms with Crippen LogP contribution < -0.4 is 5.73 Å². The van der Waals surface area contributed by atoms with E-state index in [1.54, 1.807) is 0 Å². The van der Waals surface area contributed by atoms with E-state index in [1.807, 2.05) is 30.3 Å². The molecular weight excluding hydrogens is 179 g/mol. The number of benzene rings is 1. The molecule has 0 bridgehead atoms. The van der Waals surface area contributed by atoms with Crippen molar-refractivity contribution < 1.29 is 22.4 Å². The molecule has 0 heterocycles. The average molecular weight is 186 g/mol. The molecule has 0 aromatic heterocycles. The van der Waals surface area contributed by atoms with Crippen LogP contribution in [0.25, 0.3) is 0 Å². The van der Waals surface area contributed by atoms with E-state index in [4.69, 9.17) is 5.73 Å². The quantitative estimate of drug-likeness (QED) is 0.479. The molecule has 0 amide bonds. The molecule has 0 fully saturated rings. The van der Waals surface area contributed by atoms with Crippen LogP contribution in [0, 0.1) is 0 Å². The number of rotatable bonds is 0. The number of hydrogen-bond acceptors (Lipinski definition) is 1. The molecule has 1 radical (unpaired) electrons. The van der Waals surface area contributed by atoms with E-state index in [0.717, 1.165) is 5.69 Å². The second-order valence-corrected chi connectivity index (χ2v) is 1.41. The van der Waals surface area contributed by atoms with E-state index in [9.17, 15) is 0 Å². The van der Waals surface area contributed by atoms with Crippen LogP contribution in [0.5, 0.6) is 0 Å². The Morgan fingerprint density at radius 3 is 1.75 bits per heavy atom. The van der Waals surface area contributed by atoms with Gasteiger partial charge < -0.3 is 5.73 Å². The van der Waals surface area contributed by atoms with E-state index in [1.165, 1.54) is 0 Å². The molecule has 1 rings (SSSR count). The molecule has 0 aliphatic rings. The number of para-hydroxylation sites is 1. The Morgan fingerprint density at radius 1 is 1.00 bits per heavy atom. The van der Waals surface area contributed by atoms with Gasteiger partial charge in [0.1, 0.15) is 0 Å². The predicted octanol–water partition coefficient (Wildman–Crippen LogP) is 1.27. The van der Waals surface area contributed by atoms with Crippen LogP contribution in [0.4, 0.5) is 5.69 Å². The SMILES string of the molecule is Nc1ccccc1.[Nb]. The summed E-state index contributed by atoms with van der Waals surface area (Å²) in [6.07, 6.45) is 0. The summed E-state index contributed by atoms with van der Waals surface area (Å²) < 4.78 is 0. The molecule has 0 saturated carbocycles. The zero-order valence-corrected chi connectivity index (χ0v) is 6.61. The molecule has 41 valence electrons. The first-order chi connectivity index (χ1) is 3.39. The van der Waals surface area contributed by atoms with Gasteiger partial charge in [0.15, 0.2) is 0 Å². The van der Waals surface area contributed by atoms with Crippen LogP contribution in [0.3, 0.4) is 0 Å². The molecule has 1 nitrogen and oxygen atoms in total. The van der Waals surface area contributed by atoms with Crippen molar-refractivity contribution in [1.29, 1.82) is 0 Å². The fourth-order valence-electron chi connectivity index (χ4n) is 0.453. The summed E-state index contributed by atoms with van der Waals surface area (Å²) in [7, 11) is 0. The molecule has 8 heavy (non-hydrogen) atoms. The van der Waals surface area contributed by atoms with Crippen molar-refractivity contribution in [2.24, 2.45) is 0 Å². The fourth-order valence-corrected chi connectivity index (χ4v) is 0.453. The third-order valence-electron chi connectivity index (χ3n) is 0.800. The van der Waals surface area contributed by atoms with E-state index < -0.39 is 0 Å². The Bertz CT molecular complexity index is 138. The molecule has 0 aliphatic heterocycles. The molecule has 0 spiro atoms. The van der Waals surface area contributed by atoms with Crippen molar-refractivity contribution in [2.45, 2.75) is 0 Å². The standard InChI is InChI=1S/C6H7N.Nb/c7-6-4-2-1-3-5-6;/h1-5H,7H2;. The normalized spacial score (nSPS) is 7.50. The minimum atomic E-state index is 0. The number of nitrogen functional groups attached to an aromatic ring is 1. The van der Waals surface area contributed by atoms with Crippen molar-refractivity contribution in [3.8, 4) is 0 Å².